The van der Waals surface area contributed by atoms with Crippen molar-refractivity contribution in [3.63, 3.8) is 0 Å². The van der Waals surface area contributed by atoms with Crippen molar-refractivity contribution in [1.82, 2.24) is 0 Å². The number of benzene rings is 4. The molecule has 0 radical (unpaired) electrons. The van der Waals surface area contributed by atoms with E-state index in [2.05, 4.69) is 123 Å². The third-order valence-corrected chi connectivity index (χ3v) is 13.4. The quantitative estimate of drug-likeness (QED) is 0.224. The van der Waals surface area contributed by atoms with Crippen molar-refractivity contribution in [3.8, 4) is 22.3 Å². The molecule has 2 aliphatic carbocycles. The van der Waals surface area contributed by atoms with Crippen LogP contribution in [0.4, 0.5) is 0 Å². The van der Waals surface area contributed by atoms with Gasteiger partial charge < -0.3 is 24.8 Å². The third kappa shape index (κ3) is 6.59. The Hall–Kier alpha value is -2.18. The van der Waals surface area contributed by atoms with Crippen LogP contribution < -0.4 is 24.8 Å². The normalized spacial score (nSPS) is 16.4. The molecule has 3 heteroatoms. The van der Waals surface area contributed by atoms with Crippen molar-refractivity contribution >= 4 is 12.2 Å². The number of halogens is 2. The monoisotopic (exact) mass is 654 g/mol. The summed E-state index contributed by atoms with van der Waals surface area (Å²) in [5, 5.41) is 0. The maximum absolute atomic E-state index is 2.60. The van der Waals surface area contributed by atoms with E-state index >= 15 is 0 Å². The molecule has 2 atom stereocenters. The number of hydrogen-bond donors (Lipinski definition) is 0. The second-order valence-corrected chi connectivity index (χ2v) is 14.7. The standard InChI is InChI=1S/2C19H19.2ClH.Zr/c2*1-2-3-8-15-13-17-11-7-12-18(19(17)14-15)16-9-5-4-6-10-16;;;/h2*4-7,9-14H,2-3,8H2,1H3;2*1H;/q;;;;+2/p-2. The summed E-state index contributed by atoms with van der Waals surface area (Å²) in [6.07, 6.45) is 12.8. The summed E-state index contributed by atoms with van der Waals surface area (Å²) >= 11 is -0.913. The summed E-state index contributed by atoms with van der Waals surface area (Å²) in [7, 11) is 0. The Labute approximate surface area is 270 Å². The number of rotatable bonds is 10. The molecule has 0 fully saturated rings. The zero-order valence-electron chi connectivity index (χ0n) is 24.0. The molecule has 0 bridgehead atoms. The Morgan fingerprint density at radius 2 is 0.927 bits per heavy atom. The van der Waals surface area contributed by atoms with Gasteiger partial charge in [0.15, 0.2) is 0 Å². The first kappa shape index (κ1) is 31.8. The third-order valence-electron chi connectivity index (χ3n) is 8.44. The van der Waals surface area contributed by atoms with E-state index in [1.54, 1.807) is 22.3 Å². The van der Waals surface area contributed by atoms with Gasteiger partial charge in [0.25, 0.3) is 0 Å². The number of allylic oxidation sites excluding steroid dienone is 2. The molecule has 2 unspecified atom stereocenters. The topological polar surface area (TPSA) is 0 Å². The molecule has 2 aliphatic rings. The van der Waals surface area contributed by atoms with Crippen LogP contribution in [-0.4, -0.2) is 0 Å². The number of unbranched alkanes of at least 4 members (excludes halogenated alkanes) is 2. The average Bonchev–Trinajstić information content (AvgIpc) is 3.53. The van der Waals surface area contributed by atoms with Gasteiger partial charge in [-0.1, -0.05) is 0 Å². The summed E-state index contributed by atoms with van der Waals surface area (Å²) < 4.78 is 1.31. The molecule has 4 aromatic rings. The van der Waals surface area contributed by atoms with E-state index in [4.69, 9.17) is 0 Å². The molecule has 0 aromatic heterocycles. The molecule has 0 aliphatic heterocycles. The Balaban J connectivity index is 0.00000194. The second-order valence-electron chi connectivity index (χ2n) is 11.0. The molecule has 0 saturated heterocycles. The van der Waals surface area contributed by atoms with Gasteiger partial charge in [-0.25, -0.2) is 0 Å². The molecule has 0 spiro atoms. The van der Waals surface area contributed by atoms with Crippen LogP contribution in [-0.2, 0) is 23.2 Å². The fraction of sp³-hybridized carbons (Fsp3) is 0.263. The Kier molecular flexibility index (Phi) is 11.5. The van der Waals surface area contributed by atoms with Crippen LogP contribution in [0.15, 0.2) is 108 Å². The largest absolute Gasteiger partial charge is 1.00 e. The summed E-state index contributed by atoms with van der Waals surface area (Å²) in [5.41, 5.74) is 15.1. The van der Waals surface area contributed by atoms with E-state index in [0.29, 0.717) is 7.25 Å². The van der Waals surface area contributed by atoms with Crippen LogP contribution >= 0.6 is 0 Å². The molecule has 0 nitrogen and oxygen atoms in total. The van der Waals surface area contributed by atoms with Crippen LogP contribution in [0, 0.1) is 0 Å². The van der Waals surface area contributed by atoms with Crippen LogP contribution in [0.1, 0.15) is 81.9 Å². The minimum Gasteiger partial charge on any atom is -1.00 e. The summed E-state index contributed by atoms with van der Waals surface area (Å²) in [5.74, 6) is 0. The first-order chi connectivity index (χ1) is 19.3. The first-order valence-electron chi connectivity index (χ1n) is 14.8. The van der Waals surface area contributed by atoms with Crippen molar-refractivity contribution in [3.05, 3.63) is 130 Å². The van der Waals surface area contributed by atoms with Gasteiger partial charge in [-0.05, 0) is 0 Å². The Morgan fingerprint density at radius 1 is 0.512 bits per heavy atom. The van der Waals surface area contributed by atoms with Crippen molar-refractivity contribution in [2.24, 2.45) is 0 Å². The van der Waals surface area contributed by atoms with Gasteiger partial charge >= 0.3 is 248 Å². The van der Waals surface area contributed by atoms with E-state index in [0.717, 1.165) is 0 Å². The SMILES string of the molecule is CCCCC1=Cc2c(-c3ccccc3)cccc2[CH]1[Zr+2][CH]1C(CCCC)=Cc2c(-c3ccccc3)cccc21.[Cl-].[Cl-]. The van der Waals surface area contributed by atoms with Gasteiger partial charge in [0.05, 0.1) is 0 Å². The van der Waals surface area contributed by atoms with E-state index < -0.39 is 23.2 Å². The molecule has 4 aromatic carbocycles. The van der Waals surface area contributed by atoms with Crippen molar-refractivity contribution in [1.29, 1.82) is 0 Å². The zero-order valence-corrected chi connectivity index (χ0v) is 28.0. The molecule has 6 rings (SSSR count). The van der Waals surface area contributed by atoms with Crippen LogP contribution in [0.2, 0.25) is 0 Å². The molecule has 0 amide bonds. The van der Waals surface area contributed by atoms with Gasteiger partial charge in [-0.3, -0.25) is 0 Å². The van der Waals surface area contributed by atoms with E-state index in [-0.39, 0.29) is 24.8 Å². The molecule has 208 valence electrons. The summed E-state index contributed by atoms with van der Waals surface area (Å²) in [6.45, 7) is 4.66. The predicted octanol–water partition coefficient (Wildman–Crippen LogP) is 5.07. The first-order valence-corrected chi connectivity index (χ1v) is 17.7. The molecular formula is C38H38Cl2Zr. The molecule has 0 N–H and O–H groups in total. The fourth-order valence-electron chi connectivity index (χ4n) is 6.42. The molecule has 0 heterocycles. The van der Waals surface area contributed by atoms with Crippen LogP contribution in [0.25, 0.3) is 34.4 Å². The number of hydrogen-bond acceptors (Lipinski definition) is 0. The predicted molar refractivity (Wildman–Crippen MR) is 164 cm³/mol. The fourth-order valence-corrected chi connectivity index (χ4v) is 11.5. The van der Waals surface area contributed by atoms with Gasteiger partial charge in [0, 0.05) is 0 Å². The average molecular weight is 657 g/mol. The summed E-state index contributed by atoms with van der Waals surface area (Å²) in [6, 6.07) is 36.2. The van der Waals surface area contributed by atoms with E-state index in [1.807, 2.05) is 0 Å². The van der Waals surface area contributed by atoms with E-state index in [9.17, 15) is 0 Å². The van der Waals surface area contributed by atoms with Crippen molar-refractivity contribution in [2.75, 3.05) is 0 Å². The van der Waals surface area contributed by atoms with E-state index in [1.165, 1.54) is 71.9 Å². The van der Waals surface area contributed by atoms with Gasteiger partial charge in [-0.2, -0.15) is 0 Å². The zero-order chi connectivity index (χ0) is 26.6. The summed E-state index contributed by atoms with van der Waals surface area (Å²) in [4.78, 5) is 0. The van der Waals surface area contributed by atoms with Gasteiger partial charge in [0.1, 0.15) is 0 Å². The Morgan fingerprint density at radius 3 is 1.32 bits per heavy atom. The van der Waals surface area contributed by atoms with Gasteiger partial charge in [0.2, 0.25) is 0 Å². The number of fused-ring (bicyclic) bond motifs is 2. The van der Waals surface area contributed by atoms with Gasteiger partial charge in [-0.15, -0.1) is 0 Å². The Bertz CT molecular complexity index is 1390. The molecule has 0 saturated carbocycles. The minimum atomic E-state index is -0.913. The van der Waals surface area contributed by atoms with Crippen molar-refractivity contribution in [2.45, 2.75) is 59.6 Å². The van der Waals surface area contributed by atoms with Crippen LogP contribution in [0.5, 0.6) is 0 Å². The molecule has 41 heavy (non-hydrogen) atoms. The smallest absolute Gasteiger partial charge is 1.00 e. The second kappa shape index (κ2) is 14.8. The molecular weight excluding hydrogens is 619 g/mol. The minimum absolute atomic E-state index is 0. The van der Waals surface area contributed by atoms with Crippen molar-refractivity contribution < 1.29 is 48.0 Å². The van der Waals surface area contributed by atoms with Crippen LogP contribution in [0.3, 0.4) is 0 Å². The maximum atomic E-state index is 2.60. The maximum Gasteiger partial charge on any atom is -1.00 e.